The number of aryl methyl sites for hydroxylation is 2. The molecule has 1 atom stereocenters. The second-order valence-electron chi connectivity index (χ2n) is 5.13. The fourth-order valence-electron chi connectivity index (χ4n) is 2.48. The van der Waals surface area contributed by atoms with Crippen LogP contribution in [0.15, 0.2) is 18.2 Å². The maximum Gasteiger partial charge on any atom is 0.310 e. The molecule has 0 aliphatic carbocycles. The zero-order chi connectivity index (χ0) is 14.0. The average molecular weight is 261 g/mol. The Labute approximate surface area is 113 Å². The van der Waals surface area contributed by atoms with Crippen LogP contribution in [-0.4, -0.2) is 30.4 Å². The van der Waals surface area contributed by atoms with Gasteiger partial charge in [0.1, 0.15) is 0 Å². The van der Waals surface area contributed by atoms with Gasteiger partial charge in [-0.15, -0.1) is 0 Å². The van der Waals surface area contributed by atoms with Gasteiger partial charge in [0.15, 0.2) is 0 Å². The van der Waals surface area contributed by atoms with Crippen LogP contribution in [-0.2, 0) is 20.9 Å². The molecule has 1 aliphatic heterocycles. The maximum absolute atomic E-state index is 11.9. The summed E-state index contributed by atoms with van der Waals surface area (Å²) in [6.45, 7) is 5.11. The zero-order valence-corrected chi connectivity index (χ0v) is 11.6. The van der Waals surface area contributed by atoms with Crippen molar-refractivity contribution in [2.45, 2.75) is 26.8 Å². The number of esters is 1. The largest absolute Gasteiger partial charge is 0.469 e. The van der Waals surface area contributed by atoms with Gasteiger partial charge in [0, 0.05) is 19.5 Å². The number of benzene rings is 1. The van der Waals surface area contributed by atoms with Gasteiger partial charge in [-0.05, 0) is 25.0 Å². The van der Waals surface area contributed by atoms with E-state index in [0.717, 1.165) is 5.56 Å². The second kappa shape index (κ2) is 5.43. The summed E-state index contributed by atoms with van der Waals surface area (Å²) in [4.78, 5) is 25.1. The van der Waals surface area contributed by atoms with E-state index in [0.29, 0.717) is 13.1 Å². The average Bonchev–Trinajstić information content (AvgIpc) is 2.73. The Morgan fingerprint density at radius 2 is 2.16 bits per heavy atom. The minimum absolute atomic E-state index is 0.0235. The lowest BCUT2D eigenvalue weighted by Crippen LogP contribution is -2.26. The first kappa shape index (κ1) is 13.6. The SMILES string of the molecule is COC(=O)C1CC(=O)N(Cc2ccc(C)cc2C)C1. The molecule has 0 N–H and O–H groups in total. The van der Waals surface area contributed by atoms with Gasteiger partial charge in [0.05, 0.1) is 13.0 Å². The van der Waals surface area contributed by atoms with E-state index in [-0.39, 0.29) is 24.2 Å². The molecule has 1 aliphatic rings. The number of amides is 1. The van der Waals surface area contributed by atoms with Crippen molar-refractivity contribution < 1.29 is 14.3 Å². The van der Waals surface area contributed by atoms with E-state index in [1.165, 1.54) is 18.2 Å². The van der Waals surface area contributed by atoms with Crippen LogP contribution in [0.2, 0.25) is 0 Å². The summed E-state index contributed by atoms with van der Waals surface area (Å²) in [7, 11) is 1.36. The van der Waals surface area contributed by atoms with Crippen molar-refractivity contribution in [3.05, 3.63) is 34.9 Å². The second-order valence-corrected chi connectivity index (χ2v) is 5.13. The summed E-state index contributed by atoms with van der Waals surface area (Å²) in [5, 5.41) is 0. The number of likely N-dealkylation sites (tertiary alicyclic amines) is 1. The molecule has 1 saturated heterocycles. The number of methoxy groups -OCH3 is 1. The number of hydrogen-bond donors (Lipinski definition) is 0. The molecular weight excluding hydrogens is 242 g/mol. The van der Waals surface area contributed by atoms with E-state index < -0.39 is 0 Å². The summed E-state index contributed by atoms with van der Waals surface area (Å²) in [5.41, 5.74) is 3.51. The molecule has 1 fully saturated rings. The number of rotatable bonds is 3. The highest BCUT2D eigenvalue weighted by molar-refractivity contribution is 5.86. The lowest BCUT2D eigenvalue weighted by atomic mass is 10.1. The lowest BCUT2D eigenvalue weighted by molar-refractivity contribution is -0.145. The van der Waals surface area contributed by atoms with Crippen molar-refractivity contribution in [3.63, 3.8) is 0 Å². The van der Waals surface area contributed by atoms with Crippen molar-refractivity contribution in [2.75, 3.05) is 13.7 Å². The Kier molecular flexibility index (Phi) is 3.88. The third-order valence-corrected chi connectivity index (χ3v) is 3.61. The van der Waals surface area contributed by atoms with E-state index in [1.54, 1.807) is 4.90 Å². The number of carbonyl (C=O) groups excluding carboxylic acids is 2. The Hall–Kier alpha value is -1.84. The van der Waals surface area contributed by atoms with Crippen LogP contribution in [0.1, 0.15) is 23.1 Å². The van der Waals surface area contributed by atoms with E-state index in [4.69, 9.17) is 4.74 Å². The van der Waals surface area contributed by atoms with Gasteiger partial charge >= 0.3 is 5.97 Å². The van der Waals surface area contributed by atoms with Gasteiger partial charge in [-0.3, -0.25) is 9.59 Å². The van der Waals surface area contributed by atoms with Crippen LogP contribution < -0.4 is 0 Å². The molecule has 0 spiro atoms. The van der Waals surface area contributed by atoms with E-state index in [9.17, 15) is 9.59 Å². The first-order valence-corrected chi connectivity index (χ1v) is 6.43. The molecule has 0 aromatic heterocycles. The van der Waals surface area contributed by atoms with Crippen LogP contribution in [0.3, 0.4) is 0 Å². The summed E-state index contributed by atoms with van der Waals surface area (Å²) in [5.74, 6) is -0.588. The van der Waals surface area contributed by atoms with Crippen molar-refractivity contribution in [1.29, 1.82) is 0 Å². The molecule has 19 heavy (non-hydrogen) atoms. The summed E-state index contributed by atoms with van der Waals surface area (Å²) < 4.78 is 4.70. The number of ether oxygens (including phenoxy) is 1. The molecule has 2 rings (SSSR count). The van der Waals surface area contributed by atoms with E-state index in [2.05, 4.69) is 6.07 Å². The monoisotopic (exact) mass is 261 g/mol. The molecule has 102 valence electrons. The Morgan fingerprint density at radius 3 is 2.79 bits per heavy atom. The zero-order valence-electron chi connectivity index (χ0n) is 11.6. The van der Waals surface area contributed by atoms with Crippen molar-refractivity contribution >= 4 is 11.9 Å². The minimum atomic E-state index is -0.316. The Balaban J connectivity index is 2.07. The Morgan fingerprint density at radius 1 is 1.42 bits per heavy atom. The third kappa shape index (κ3) is 2.95. The molecule has 0 saturated carbocycles. The summed E-state index contributed by atoms with van der Waals surface area (Å²) in [6.07, 6.45) is 0.261. The molecular formula is C15H19NO3. The molecule has 1 aromatic carbocycles. The third-order valence-electron chi connectivity index (χ3n) is 3.61. The van der Waals surface area contributed by atoms with Crippen molar-refractivity contribution in [2.24, 2.45) is 5.92 Å². The molecule has 0 bridgehead atoms. The highest BCUT2D eigenvalue weighted by atomic mass is 16.5. The van der Waals surface area contributed by atoms with E-state index in [1.807, 2.05) is 26.0 Å². The smallest absolute Gasteiger partial charge is 0.310 e. The topological polar surface area (TPSA) is 46.6 Å². The molecule has 1 unspecified atom stereocenters. The fraction of sp³-hybridized carbons (Fsp3) is 0.467. The lowest BCUT2D eigenvalue weighted by Gasteiger charge is -2.18. The fourth-order valence-corrected chi connectivity index (χ4v) is 2.48. The van der Waals surface area contributed by atoms with Crippen molar-refractivity contribution in [1.82, 2.24) is 4.90 Å². The summed E-state index contributed by atoms with van der Waals surface area (Å²) >= 11 is 0. The first-order valence-electron chi connectivity index (χ1n) is 6.43. The predicted octanol–water partition coefficient (Wildman–Crippen LogP) is 1.82. The highest BCUT2D eigenvalue weighted by Crippen LogP contribution is 2.22. The molecule has 1 heterocycles. The first-order chi connectivity index (χ1) is 9.01. The quantitative estimate of drug-likeness (QED) is 0.780. The van der Waals surface area contributed by atoms with Crippen LogP contribution in [0.25, 0.3) is 0 Å². The Bertz CT molecular complexity index is 510. The van der Waals surface area contributed by atoms with Gasteiger partial charge in [0.25, 0.3) is 0 Å². The molecule has 4 heteroatoms. The standard InChI is InChI=1S/C15H19NO3/c1-10-4-5-12(11(2)6-10)8-16-9-13(7-14(16)17)15(18)19-3/h4-6,13H,7-9H2,1-3H3. The molecule has 0 radical (unpaired) electrons. The van der Waals surface area contributed by atoms with Crippen LogP contribution in [0.4, 0.5) is 0 Å². The normalized spacial score (nSPS) is 18.8. The number of nitrogens with zero attached hydrogens (tertiary/aromatic N) is 1. The van der Waals surface area contributed by atoms with Crippen LogP contribution in [0.5, 0.6) is 0 Å². The molecule has 4 nitrogen and oxygen atoms in total. The van der Waals surface area contributed by atoms with Gasteiger partial charge in [-0.2, -0.15) is 0 Å². The van der Waals surface area contributed by atoms with Crippen LogP contribution >= 0.6 is 0 Å². The van der Waals surface area contributed by atoms with Gasteiger partial charge in [0.2, 0.25) is 5.91 Å². The van der Waals surface area contributed by atoms with E-state index >= 15 is 0 Å². The highest BCUT2D eigenvalue weighted by Gasteiger charge is 2.34. The molecule has 1 amide bonds. The van der Waals surface area contributed by atoms with Gasteiger partial charge < -0.3 is 9.64 Å². The molecule has 1 aromatic rings. The minimum Gasteiger partial charge on any atom is -0.469 e. The van der Waals surface area contributed by atoms with Crippen LogP contribution in [0, 0.1) is 19.8 Å². The van der Waals surface area contributed by atoms with Gasteiger partial charge in [-0.1, -0.05) is 23.8 Å². The number of hydrogen-bond acceptors (Lipinski definition) is 3. The summed E-state index contributed by atoms with van der Waals surface area (Å²) in [6, 6.07) is 6.19. The van der Waals surface area contributed by atoms with Crippen molar-refractivity contribution in [3.8, 4) is 0 Å². The maximum atomic E-state index is 11.9. The predicted molar refractivity (Wildman–Crippen MR) is 71.5 cm³/mol. The van der Waals surface area contributed by atoms with Gasteiger partial charge in [-0.25, -0.2) is 0 Å². The number of carbonyl (C=O) groups is 2.